The van der Waals surface area contributed by atoms with Gasteiger partial charge in [-0.25, -0.2) is 9.97 Å². The van der Waals surface area contributed by atoms with Gasteiger partial charge in [-0.2, -0.15) is 0 Å². The molecular weight excluding hydrogens is 288 g/mol. The van der Waals surface area contributed by atoms with Gasteiger partial charge in [-0.1, -0.05) is 23.9 Å². The predicted octanol–water partition coefficient (Wildman–Crippen LogP) is 3.81. The number of thiazole rings is 1. The maximum absolute atomic E-state index is 4.60. The lowest BCUT2D eigenvalue weighted by Gasteiger charge is -2.02. The van der Waals surface area contributed by atoms with Crippen LogP contribution < -0.4 is 5.32 Å². The molecule has 102 valence electrons. The van der Waals surface area contributed by atoms with Crippen molar-refractivity contribution in [1.82, 2.24) is 15.0 Å². The van der Waals surface area contributed by atoms with Crippen LogP contribution in [-0.4, -0.2) is 21.5 Å². The van der Waals surface area contributed by atoms with Crippen molar-refractivity contribution in [2.75, 3.05) is 11.9 Å². The third-order valence-corrected chi connectivity index (χ3v) is 4.89. The van der Waals surface area contributed by atoms with E-state index in [1.165, 1.54) is 4.70 Å². The third-order valence-electron chi connectivity index (χ3n) is 2.68. The zero-order chi connectivity index (χ0) is 13.8. The summed E-state index contributed by atoms with van der Waals surface area (Å²) in [4.78, 5) is 13.3. The van der Waals surface area contributed by atoms with E-state index in [2.05, 4.69) is 26.3 Å². The van der Waals surface area contributed by atoms with Gasteiger partial charge in [0, 0.05) is 12.3 Å². The summed E-state index contributed by atoms with van der Waals surface area (Å²) in [5, 5.41) is 3.14. The second-order valence-corrected chi connectivity index (χ2v) is 6.41. The number of thioether (sulfide) groups is 1. The van der Waals surface area contributed by atoms with Crippen LogP contribution in [-0.2, 0) is 5.75 Å². The Bertz CT molecular complexity index is 661. The van der Waals surface area contributed by atoms with Crippen LogP contribution in [0.4, 0.5) is 5.82 Å². The summed E-state index contributed by atoms with van der Waals surface area (Å²) in [6.45, 7) is 2.90. The van der Waals surface area contributed by atoms with E-state index in [9.17, 15) is 0 Å². The molecule has 0 aliphatic heterocycles. The average molecular weight is 302 g/mol. The standard InChI is InChI=1S/C14H14N4S2/c1-2-15-13-8-16-10(7-17-13)9-19-14-18-11-5-3-4-6-12(11)20-14/h3-8H,2,9H2,1H3,(H,15,17). The zero-order valence-corrected chi connectivity index (χ0v) is 12.7. The van der Waals surface area contributed by atoms with Crippen molar-refractivity contribution < 1.29 is 0 Å². The molecule has 0 spiro atoms. The molecule has 6 heteroatoms. The van der Waals surface area contributed by atoms with Crippen molar-refractivity contribution in [3.63, 3.8) is 0 Å². The number of hydrogen-bond acceptors (Lipinski definition) is 6. The van der Waals surface area contributed by atoms with Gasteiger partial charge in [0.05, 0.1) is 28.3 Å². The average Bonchev–Trinajstić information content (AvgIpc) is 2.90. The number of anilines is 1. The van der Waals surface area contributed by atoms with Crippen LogP contribution >= 0.6 is 23.1 Å². The Balaban J connectivity index is 1.66. The molecule has 3 rings (SSSR count). The van der Waals surface area contributed by atoms with Gasteiger partial charge in [-0.3, -0.25) is 4.98 Å². The van der Waals surface area contributed by atoms with Crippen LogP contribution in [0, 0.1) is 0 Å². The second kappa shape index (κ2) is 6.19. The molecule has 20 heavy (non-hydrogen) atoms. The number of aromatic nitrogens is 3. The van der Waals surface area contributed by atoms with Gasteiger partial charge in [0.15, 0.2) is 4.34 Å². The molecule has 0 unspecified atom stereocenters. The highest BCUT2D eigenvalue weighted by atomic mass is 32.2. The Kier molecular flexibility index (Phi) is 4.13. The van der Waals surface area contributed by atoms with Crippen LogP contribution in [0.3, 0.4) is 0 Å². The van der Waals surface area contributed by atoms with E-state index < -0.39 is 0 Å². The summed E-state index contributed by atoms with van der Waals surface area (Å²) in [5.74, 6) is 1.61. The molecule has 1 N–H and O–H groups in total. The number of nitrogens with zero attached hydrogens (tertiary/aromatic N) is 3. The van der Waals surface area contributed by atoms with Crippen molar-refractivity contribution in [2.45, 2.75) is 17.0 Å². The molecule has 0 amide bonds. The van der Waals surface area contributed by atoms with Gasteiger partial charge >= 0.3 is 0 Å². The first-order valence-electron chi connectivity index (χ1n) is 6.38. The first kappa shape index (κ1) is 13.3. The van der Waals surface area contributed by atoms with E-state index in [0.717, 1.165) is 33.7 Å². The number of nitrogens with one attached hydrogen (secondary N) is 1. The van der Waals surface area contributed by atoms with Gasteiger partial charge in [0.25, 0.3) is 0 Å². The number of hydrogen-bond donors (Lipinski definition) is 1. The molecule has 2 heterocycles. The Morgan fingerprint density at radius 2 is 2.10 bits per heavy atom. The van der Waals surface area contributed by atoms with Crippen molar-refractivity contribution in [1.29, 1.82) is 0 Å². The molecule has 0 fully saturated rings. The van der Waals surface area contributed by atoms with Crippen LogP contribution in [0.5, 0.6) is 0 Å². The van der Waals surface area contributed by atoms with Crippen LogP contribution in [0.2, 0.25) is 0 Å². The quantitative estimate of drug-likeness (QED) is 0.726. The van der Waals surface area contributed by atoms with Gasteiger partial charge in [-0.05, 0) is 19.1 Å². The van der Waals surface area contributed by atoms with Gasteiger partial charge in [-0.15, -0.1) is 11.3 Å². The molecule has 3 aromatic rings. The van der Waals surface area contributed by atoms with Gasteiger partial charge in [0.2, 0.25) is 0 Å². The molecule has 0 bridgehead atoms. The van der Waals surface area contributed by atoms with Crippen molar-refractivity contribution in [3.8, 4) is 0 Å². The Labute approximate surface area is 125 Å². The van der Waals surface area contributed by atoms with E-state index in [4.69, 9.17) is 0 Å². The molecule has 0 atom stereocenters. The SMILES string of the molecule is CCNc1cnc(CSc2nc3ccccc3s2)cn1. The summed E-state index contributed by atoms with van der Waals surface area (Å²) >= 11 is 3.42. The summed E-state index contributed by atoms with van der Waals surface area (Å²) in [6.07, 6.45) is 3.59. The zero-order valence-electron chi connectivity index (χ0n) is 11.0. The topological polar surface area (TPSA) is 50.7 Å². The minimum atomic E-state index is 0.791. The van der Waals surface area contributed by atoms with Crippen LogP contribution in [0.15, 0.2) is 41.0 Å². The Hall–Kier alpha value is -1.66. The number of rotatable bonds is 5. The lowest BCUT2D eigenvalue weighted by atomic mass is 10.3. The molecule has 1 aromatic carbocycles. The summed E-state index contributed by atoms with van der Waals surface area (Å²) < 4.78 is 2.30. The third kappa shape index (κ3) is 3.08. The highest BCUT2D eigenvalue weighted by molar-refractivity contribution is 8.00. The molecule has 0 radical (unpaired) electrons. The number of para-hydroxylation sites is 1. The number of fused-ring (bicyclic) bond motifs is 1. The van der Waals surface area contributed by atoms with E-state index >= 15 is 0 Å². The molecule has 0 saturated heterocycles. The molecule has 2 aromatic heterocycles. The molecule has 0 aliphatic rings. The second-order valence-electron chi connectivity index (χ2n) is 4.16. The van der Waals surface area contributed by atoms with E-state index in [-0.39, 0.29) is 0 Å². The first-order chi connectivity index (χ1) is 9.85. The largest absolute Gasteiger partial charge is 0.369 e. The van der Waals surface area contributed by atoms with Gasteiger partial charge < -0.3 is 5.32 Å². The van der Waals surface area contributed by atoms with Crippen LogP contribution in [0.1, 0.15) is 12.6 Å². The molecule has 0 saturated carbocycles. The minimum absolute atomic E-state index is 0.791. The smallest absolute Gasteiger partial charge is 0.151 e. The van der Waals surface area contributed by atoms with Crippen molar-refractivity contribution >= 4 is 39.1 Å². The normalized spacial score (nSPS) is 10.8. The summed E-state index contributed by atoms with van der Waals surface area (Å²) in [6, 6.07) is 8.20. The maximum Gasteiger partial charge on any atom is 0.151 e. The fraction of sp³-hybridized carbons (Fsp3) is 0.214. The fourth-order valence-corrected chi connectivity index (χ4v) is 3.71. The summed E-state index contributed by atoms with van der Waals surface area (Å²) in [7, 11) is 0. The van der Waals surface area contributed by atoms with E-state index in [1.54, 1.807) is 29.3 Å². The monoisotopic (exact) mass is 302 g/mol. The van der Waals surface area contributed by atoms with Gasteiger partial charge in [0.1, 0.15) is 5.82 Å². The minimum Gasteiger partial charge on any atom is -0.369 e. The highest BCUT2D eigenvalue weighted by Gasteiger charge is 2.05. The maximum atomic E-state index is 4.60. The summed E-state index contributed by atoms with van der Waals surface area (Å²) in [5.41, 5.74) is 2.03. The van der Waals surface area contributed by atoms with Crippen molar-refractivity contribution in [2.24, 2.45) is 0 Å². The molecule has 0 aliphatic carbocycles. The fourth-order valence-electron chi connectivity index (χ4n) is 1.75. The Morgan fingerprint density at radius 3 is 2.85 bits per heavy atom. The molecule has 4 nitrogen and oxygen atoms in total. The Morgan fingerprint density at radius 1 is 1.20 bits per heavy atom. The predicted molar refractivity (Wildman–Crippen MR) is 85.4 cm³/mol. The first-order valence-corrected chi connectivity index (χ1v) is 8.18. The lowest BCUT2D eigenvalue weighted by Crippen LogP contribution is -2.00. The lowest BCUT2D eigenvalue weighted by molar-refractivity contribution is 1.07. The van der Waals surface area contributed by atoms with Crippen LogP contribution in [0.25, 0.3) is 10.2 Å². The number of benzene rings is 1. The molecular formula is C14H14N4S2. The van der Waals surface area contributed by atoms with Crippen molar-refractivity contribution in [3.05, 3.63) is 42.4 Å². The van der Waals surface area contributed by atoms with E-state index in [1.807, 2.05) is 31.3 Å². The highest BCUT2D eigenvalue weighted by Crippen LogP contribution is 2.30. The van der Waals surface area contributed by atoms with E-state index in [0.29, 0.717) is 0 Å².